The van der Waals surface area contributed by atoms with E-state index in [9.17, 15) is 8.78 Å². The van der Waals surface area contributed by atoms with Crippen molar-refractivity contribution in [1.82, 2.24) is 0 Å². The molecule has 1 aromatic carbocycles. The third-order valence-electron chi connectivity index (χ3n) is 2.95. The van der Waals surface area contributed by atoms with Gasteiger partial charge in [0, 0.05) is 11.5 Å². The van der Waals surface area contributed by atoms with E-state index in [1.54, 1.807) is 13.0 Å². The van der Waals surface area contributed by atoms with Crippen LogP contribution in [0, 0.1) is 12.8 Å². The van der Waals surface area contributed by atoms with Crippen molar-refractivity contribution in [2.75, 3.05) is 7.11 Å². The normalized spacial score (nSPS) is 16.3. The minimum absolute atomic E-state index is 0.0285. The number of methoxy groups -OCH3 is 1. The second kappa shape index (κ2) is 3.88. The lowest BCUT2D eigenvalue weighted by atomic mass is 9.99. The molecule has 88 valence electrons. The Morgan fingerprint density at radius 2 is 2.00 bits per heavy atom. The van der Waals surface area contributed by atoms with E-state index in [-0.39, 0.29) is 10.6 Å². The summed E-state index contributed by atoms with van der Waals surface area (Å²) in [6.07, 6.45) is 1.19. The van der Waals surface area contributed by atoms with Crippen LogP contribution in [-0.4, -0.2) is 7.11 Å². The summed E-state index contributed by atoms with van der Waals surface area (Å²) in [7, 11) is 1.47. The molecule has 0 heterocycles. The first-order valence-corrected chi connectivity index (χ1v) is 5.57. The van der Waals surface area contributed by atoms with E-state index in [2.05, 4.69) is 0 Å². The topological polar surface area (TPSA) is 9.23 Å². The molecule has 0 aliphatic heterocycles. The van der Waals surface area contributed by atoms with Crippen LogP contribution >= 0.6 is 11.6 Å². The molecule has 0 aromatic heterocycles. The second-order valence-electron chi connectivity index (χ2n) is 4.20. The summed E-state index contributed by atoms with van der Waals surface area (Å²) in [6.45, 7) is 1.66. The van der Waals surface area contributed by atoms with Gasteiger partial charge in [-0.25, -0.2) is 8.78 Å². The van der Waals surface area contributed by atoms with Gasteiger partial charge in [0.25, 0.3) is 5.92 Å². The first kappa shape index (κ1) is 11.6. The number of halogens is 3. The number of benzene rings is 1. The van der Waals surface area contributed by atoms with Crippen LogP contribution in [0.25, 0.3) is 0 Å². The van der Waals surface area contributed by atoms with Crippen molar-refractivity contribution >= 4 is 11.6 Å². The molecular formula is C12H13ClF2O. The fourth-order valence-corrected chi connectivity index (χ4v) is 2.08. The largest absolute Gasteiger partial charge is 0.495 e. The van der Waals surface area contributed by atoms with Crippen molar-refractivity contribution in [3.8, 4) is 5.75 Å². The molecule has 0 radical (unpaired) electrons. The van der Waals surface area contributed by atoms with Gasteiger partial charge in [-0.05, 0) is 37.5 Å². The smallest absolute Gasteiger partial charge is 0.276 e. The number of hydrogen-bond donors (Lipinski definition) is 0. The number of aryl methyl sites for hydroxylation is 1. The summed E-state index contributed by atoms with van der Waals surface area (Å²) in [6, 6.07) is 2.89. The average molecular weight is 247 g/mol. The van der Waals surface area contributed by atoms with Crippen molar-refractivity contribution in [2.45, 2.75) is 25.7 Å². The lowest BCUT2D eigenvalue weighted by molar-refractivity contribution is -0.0291. The lowest BCUT2D eigenvalue weighted by Crippen LogP contribution is -2.17. The zero-order valence-electron chi connectivity index (χ0n) is 9.19. The fraction of sp³-hybridized carbons (Fsp3) is 0.500. The van der Waals surface area contributed by atoms with Crippen LogP contribution in [-0.2, 0) is 5.92 Å². The Morgan fingerprint density at radius 3 is 2.50 bits per heavy atom. The maximum Gasteiger partial charge on any atom is 0.276 e. The minimum Gasteiger partial charge on any atom is -0.495 e. The van der Waals surface area contributed by atoms with Gasteiger partial charge < -0.3 is 4.74 Å². The Balaban J connectivity index is 2.45. The van der Waals surface area contributed by atoms with Crippen LogP contribution in [0.15, 0.2) is 12.1 Å². The van der Waals surface area contributed by atoms with Crippen molar-refractivity contribution in [2.24, 2.45) is 5.92 Å². The van der Waals surface area contributed by atoms with Crippen LogP contribution in [0.5, 0.6) is 5.75 Å². The average Bonchev–Trinajstić information content (AvgIpc) is 3.04. The van der Waals surface area contributed by atoms with Gasteiger partial charge in [-0.1, -0.05) is 11.6 Å². The monoisotopic (exact) mass is 246 g/mol. The second-order valence-corrected chi connectivity index (χ2v) is 4.61. The summed E-state index contributed by atoms with van der Waals surface area (Å²) in [4.78, 5) is 0. The summed E-state index contributed by atoms with van der Waals surface area (Å²) < 4.78 is 32.8. The maximum atomic E-state index is 13.9. The van der Waals surface area contributed by atoms with E-state index in [1.165, 1.54) is 13.2 Å². The summed E-state index contributed by atoms with van der Waals surface area (Å²) >= 11 is 5.87. The minimum atomic E-state index is -2.76. The Bertz CT molecular complexity index is 414. The third kappa shape index (κ3) is 1.88. The Hall–Kier alpha value is -0.830. The number of hydrogen-bond acceptors (Lipinski definition) is 1. The van der Waals surface area contributed by atoms with E-state index in [0.717, 1.165) is 0 Å². The molecule has 2 rings (SSSR count). The van der Waals surface area contributed by atoms with Gasteiger partial charge in [-0.2, -0.15) is 0 Å². The van der Waals surface area contributed by atoms with Crippen LogP contribution in [0.1, 0.15) is 24.0 Å². The van der Waals surface area contributed by atoms with Crippen LogP contribution < -0.4 is 4.74 Å². The van der Waals surface area contributed by atoms with Gasteiger partial charge in [0.1, 0.15) is 5.75 Å². The summed E-state index contributed by atoms with van der Waals surface area (Å²) in [5, 5.41) is 0.239. The highest BCUT2D eigenvalue weighted by Gasteiger charge is 2.48. The zero-order chi connectivity index (χ0) is 11.9. The van der Waals surface area contributed by atoms with Crippen LogP contribution in [0.2, 0.25) is 5.02 Å². The third-order valence-corrected chi connectivity index (χ3v) is 3.24. The van der Waals surface area contributed by atoms with Crippen LogP contribution in [0.3, 0.4) is 0 Å². The van der Waals surface area contributed by atoms with Gasteiger partial charge in [-0.15, -0.1) is 0 Å². The molecule has 16 heavy (non-hydrogen) atoms. The Morgan fingerprint density at radius 1 is 1.38 bits per heavy atom. The number of ether oxygens (including phenoxy) is 1. The maximum absolute atomic E-state index is 13.9. The highest BCUT2D eigenvalue weighted by Crippen LogP contribution is 2.51. The number of alkyl halides is 2. The van der Waals surface area contributed by atoms with E-state index in [1.807, 2.05) is 0 Å². The molecule has 1 saturated carbocycles. The molecule has 1 aliphatic carbocycles. The SMILES string of the molecule is COc1cc(C)c(C(F)(F)C2CC2)cc1Cl. The van der Waals surface area contributed by atoms with Gasteiger partial charge in [0.2, 0.25) is 0 Å². The molecule has 0 spiro atoms. The van der Waals surface area contributed by atoms with Crippen molar-refractivity contribution in [1.29, 1.82) is 0 Å². The van der Waals surface area contributed by atoms with Gasteiger partial charge >= 0.3 is 0 Å². The summed E-state index contributed by atoms with van der Waals surface area (Å²) in [5.74, 6) is -2.84. The Kier molecular flexibility index (Phi) is 2.82. The van der Waals surface area contributed by atoms with Crippen molar-refractivity contribution in [3.05, 3.63) is 28.3 Å². The molecule has 1 fully saturated rings. The molecule has 1 aromatic rings. The standard InChI is InChI=1S/C12H13ClF2O/c1-7-5-11(16-2)10(13)6-9(7)12(14,15)8-3-4-8/h5-6,8H,3-4H2,1-2H3. The molecule has 0 amide bonds. The predicted octanol–water partition coefficient (Wildman–Crippen LogP) is 4.16. The van der Waals surface area contributed by atoms with E-state index in [0.29, 0.717) is 24.2 Å². The molecule has 0 atom stereocenters. The molecular weight excluding hydrogens is 234 g/mol. The lowest BCUT2D eigenvalue weighted by Gasteiger charge is -2.19. The summed E-state index contributed by atoms with van der Waals surface area (Å²) in [5.41, 5.74) is 0.555. The molecule has 1 aliphatic rings. The van der Waals surface area contributed by atoms with Crippen LogP contribution in [0.4, 0.5) is 8.78 Å². The van der Waals surface area contributed by atoms with E-state index >= 15 is 0 Å². The van der Waals surface area contributed by atoms with E-state index < -0.39 is 11.8 Å². The first-order chi connectivity index (χ1) is 7.46. The molecule has 0 bridgehead atoms. The van der Waals surface area contributed by atoms with Crippen molar-refractivity contribution in [3.63, 3.8) is 0 Å². The van der Waals surface area contributed by atoms with E-state index in [4.69, 9.17) is 16.3 Å². The molecule has 4 heteroatoms. The highest BCUT2D eigenvalue weighted by atomic mass is 35.5. The number of rotatable bonds is 3. The fourth-order valence-electron chi connectivity index (χ4n) is 1.84. The molecule has 0 unspecified atom stereocenters. The Labute approximate surface area is 98.4 Å². The first-order valence-electron chi connectivity index (χ1n) is 5.19. The van der Waals surface area contributed by atoms with Gasteiger partial charge in [0.15, 0.2) is 0 Å². The predicted molar refractivity (Wildman–Crippen MR) is 59.4 cm³/mol. The molecule has 0 N–H and O–H groups in total. The quantitative estimate of drug-likeness (QED) is 0.778. The van der Waals surface area contributed by atoms with Crippen molar-refractivity contribution < 1.29 is 13.5 Å². The highest BCUT2D eigenvalue weighted by molar-refractivity contribution is 6.32. The molecule has 1 nitrogen and oxygen atoms in total. The zero-order valence-corrected chi connectivity index (χ0v) is 9.94. The molecule has 0 saturated heterocycles. The van der Waals surface area contributed by atoms with Gasteiger partial charge in [-0.3, -0.25) is 0 Å². The van der Waals surface area contributed by atoms with Gasteiger partial charge in [0.05, 0.1) is 12.1 Å².